The topological polar surface area (TPSA) is 50.2 Å². The van der Waals surface area contributed by atoms with Crippen molar-refractivity contribution in [2.24, 2.45) is 0 Å². The molecule has 0 atom stereocenters. The number of carboxylic acid groups (broad SMARTS) is 1. The molecule has 98 valence electrons. The Hall–Kier alpha value is -1.32. The van der Waals surface area contributed by atoms with Crippen molar-refractivity contribution in [3.8, 4) is 0 Å². The maximum atomic E-state index is 11.4. The summed E-state index contributed by atoms with van der Waals surface area (Å²) in [5, 5.41) is 10.6. The first-order chi connectivity index (χ1) is 8.92. The zero-order valence-corrected chi connectivity index (χ0v) is 11.7. The highest BCUT2D eigenvalue weighted by Crippen LogP contribution is 2.48. The van der Waals surface area contributed by atoms with Crippen molar-refractivity contribution in [2.75, 3.05) is 0 Å². The van der Waals surface area contributed by atoms with E-state index in [1.165, 1.54) is 0 Å². The second-order valence-electron chi connectivity index (χ2n) is 5.17. The number of hydrogen-bond donors (Lipinski definition) is 1. The Morgan fingerprint density at radius 3 is 2.53 bits per heavy atom. The van der Waals surface area contributed by atoms with E-state index in [9.17, 15) is 9.90 Å². The number of hydrogen-bond acceptors (Lipinski definition) is 2. The summed E-state index contributed by atoms with van der Waals surface area (Å²) in [5.41, 5.74) is 1.39. The fourth-order valence-electron chi connectivity index (χ4n) is 2.19. The molecule has 1 aliphatic rings. The van der Waals surface area contributed by atoms with Gasteiger partial charge < -0.3 is 5.11 Å². The zero-order chi connectivity index (χ0) is 13.8. The Kier molecular flexibility index (Phi) is 2.73. The number of carbonyl (C=O) groups is 1. The summed E-state index contributed by atoms with van der Waals surface area (Å²) >= 11 is 12.2. The van der Waals surface area contributed by atoms with Gasteiger partial charge in [0.2, 0.25) is 0 Å². The standard InChI is InChI=1S/C14H11Cl2NO2/c1-14(4-5-14)10-6-7(13(18)19)11-8(15)2-3-9(16)12(11)17-10/h2-3,6H,4-5H2,1H3,(H,18,19). The second-order valence-corrected chi connectivity index (χ2v) is 5.99. The normalized spacial score (nSPS) is 16.6. The molecule has 3 nitrogen and oxygen atoms in total. The average Bonchev–Trinajstić information content (AvgIpc) is 3.12. The van der Waals surface area contributed by atoms with E-state index in [0.29, 0.717) is 20.9 Å². The van der Waals surface area contributed by atoms with Gasteiger partial charge in [0.05, 0.1) is 21.1 Å². The monoisotopic (exact) mass is 295 g/mol. The summed E-state index contributed by atoms with van der Waals surface area (Å²) in [7, 11) is 0. The third-order valence-electron chi connectivity index (χ3n) is 3.71. The number of nitrogens with zero attached hydrogens (tertiary/aromatic N) is 1. The van der Waals surface area contributed by atoms with Gasteiger partial charge in [-0.1, -0.05) is 30.1 Å². The molecule has 1 saturated carbocycles. The summed E-state index contributed by atoms with van der Waals surface area (Å²) in [6.07, 6.45) is 2.03. The van der Waals surface area contributed by atoms with E-state index in [1.54, 1.807) is 18.2 Å². The number of aromatic carboxylic acids is 1. The highest BCUT2D eigenvalue weighted by molar-refractivity contribution is 6.40. The Balaban J connectivity index is 2.41. The average molecular weight is 296 g/mol. The fourth-order valence-corrected chi connectivity index (χ4v) is 2.64. The van der Waals surface area contributed by atoms with Crippen molar-refractivity contribution in [3.05, 3.63) is 39.5 Å². The highest BCUT2D eigenvalue weighted by atomic mass is 35.5. The van der Waals surface area contributed by atoms with Crippen LogP contribution < -0.4 is 0 Å². The molecule has 1 heterocycles. The van der Waals surface area contributed by atoms with Crippen LogP contribution in [-0.4, -0.2) is 16.1 Å². The van der Waals surface area contributed by atoms with Gasteiger partial charge in [-0.3, -0.25) is 4.98 Å². The van der Waals surface area contributed by atoms with Crippen molar-refractivity contribution in [1.29, 1.82) is 0 Å². The number of benzene rings is 1. The first-order valence-electron chi connectivity index (χ1n) is 5.95. The zero-order valence-electron chi connectivity index (χ0n) is 10.2. The molecule has 1 aromatic heterocycles. The Morgan fingerprint density at radius 2 is 1.95 bits per heavy atom. The summed E-state index contributed by atoms with van der Waals surface area (Å²) in [6, 6.07) is 4.86. The van der Waals surface area contributed by atoms with Crippen LogP contribution in [0, 0.1) is 0 Å². The molecule has 1 aromatic carbocycles. The van der Waals surface area contributed by atoms with Gasteiger partial charge in [0, 0.05) is 16.5 Å². The number of carboxylic acids is 1. The molecule has 1 aliphatic carbocycles. The summed E-state index contributed by atoms with van der Waals surface area (Å²) in [6.45, 7) is 2.07. The lowest BCUT2D eigenvalue weighted by Crippen LogP contribution is -2.08. The van der Waals surface area contributed by atoms with Gasteiger partial charge in [-0.05, 0) is 31.0 Å². The van der Waals surface area contributed by atoms with E-state index in [2.05, 4.69) is 11.9 Å². The lowest BCUT2D eigenvalue weighted by Gasteiger charge is -2.13. The molecule has 0 spiro atoms. The van der Waals surface area contributed by atoms with Crippen molar-refractivity contribution in [1.82, 2.24) is 4.98 Å². The number of fused-ring (bicyclic) bond motifs is 1. The molecule has 0 bridgehead atoms. The molecule has 0 radical (unpaired) electrons. The van der Waals surface area contributed by atoms with Gasteiger partial charge in [0.25, 0.3) is 0 Å². The first kappa shape index (κ1) is 12.7. The van der Waals surface area contributed by atoms with Crippen LogP contribution in [0.4, 0.5) is 0 Å². The van der Waals surface area contributed by atoms with Gasteiger partial charge in [-0.25, -0.2) is 4.79 Å². The number of aromatic nitrogens is 1. The summed E-state index contributed by atoms with van der Waals surface area (Å²) < 4.78 is 0. The Labute approximate surface area is 120 Å². The van der Waals surface area contributed by atoms with Gasteiger partial charge >= 0.3 is 5.97 Å². The molecular weight excluding hydrogens is 285 g/mol. The Morgan fingerprint density at radius 1 is 1.32 bits per heavy atom. The molecule has 19 heavy (non-hydrogen) atoms. The minimum absolute atomic E-state index is 0.0238. The van der Waals surface area contributed by atoms with Crippen molar-refractivity contribution >= 4 is 40.1 Å². The van der Waals surface area contributed by atoms with Gasteiger partial charge in [0.1, 0.15) is 0 Å². The molecule has 0 saturated heterocycles. The molecule has 0 aliphatic heterocycles. The summed E-state index contributed by atoms with van der Waals surface area (Å²) in [5.74, 6) is -1.01. The predicted octanol–water partition coefficient (Wildman–Crippen LogP) is 4.29. The van der Waals surface area contributed by atoms with Crippen LogP contribution in [0.1, 0.15) is 35.8 Å². The maximum absolute atomic E-state index is 11.4. The van der Waals surface area contributed by atoms with E-state index in [4.69, 9.17) is 23.2 Å². The van der Waals surface area contributed by atoms with Crippen LogP contribution in [0.3, 0.4) is 0 Å². The number of halogens is 2. The smallest absolute Gasteiger partial charge is 0.336 e. The van der Waals surface area contributed by atoms with Crippen molar-refractivity contribution < 1.29 is 9.90 Å². The van der Waals surface area contributed by atoms with Crippen LogP contribution in [0.15, 0.2) is 18.2 Å². The fraction of sp³-hybridized carbons (Fsp3) is 0.286. The van der Waals surface area contributed by atoms with Crippen LogP contribution in [-0.2, 0) is 5.41 Å². The first-order valence-corrected chi connectivity index (χ1v) is 6.70. The van der Waals surface area contributed by atoms with Crippen LogP contribution in [0.5, 0.6) is 0 Å². The van der Waals surface area contributed by atoms with E-state index in [-0.39, 0.29) is 11.0 Å². The van der Waals surface area contributed by atoms with Gasteiger partial charge in [-0.15, -0.1) is 0 Å². The minimum Gasteiger partial charge on any atom is -0.478 e. The van der Waals surface area contributed by atoms with E-state index < -0.39 is 5.97 Å². The molecule has 1 N–H and O–H groups in total. The third kappa shape index (κ3) is 1.97. The van der Waals surface area contributed by atoms with Crippen LogP contribution in [0.25, 0.3) is 10.9 Å². The molecule has 2 aromatic rings. The van der Waals surface area contributed by atoms with E-state index in [1.807, 2.05) is 0 Å². The lowest BCUT2D eigenvalue weighted by atomic mass is 9.99. The maximum Gasteiger partial charge on any atom is 0.336 e. The lowest BCUT2D eigenvalue weighted by molar-refractivity contribution is 0.0699. The molecule has 0 amide bonds. The SMILES string of the molecule is CC1(c2cc(C(=O)O)c3c(Cl)ccc(Cl)c3n2)CC1. The predicted molar refractivity (Wildman–Crippen MR) is 75.3 cm³/mol. The van der Waals surface area contributed by atoms with Crippen molar-refractivity contribution in [3.63, 3.8) is 0 Å². The minimum atomic E-state index is -1.01. The number of rotatable bonds is 2. The third-order valence-corrected chi connectivity index (χ3v) is 4.33. The molecule has 0 unspecified atom stereocenters. The quantitative estimate of drug-likeness (QED) is 0.899. The van der Waals surface area contributed by atoms with Gasteiger partial charge in [-0.2, -0.15) is 0 Å². The molecule has 5 heteroatoms. The summed E-state index contributed by atoms with van der Waals surface area (Å²) in [4.78, 5) is 16.0. The number of pyridine rings is 1. The van der Waals surface area contributed by atoms with Crippen molar-refractivity contribution in [2.45, 2.75) is 25.2 Å². The van der Waals surface area contributed by atoms with Gasteiger partial charge in [0.15, 0.2) is 0 Å². The van der Waals surface area contributed by atoms with Crippen LogP contribution in [0.2, 0.25) is 10.0 Å². The highest BCUT2D eigenvalue weighted by Gasteiger charge is 2.41. The van der Waals surface area contributed by atoms with E-state index >= 15 is 0 Å². The van der Waals surface area contributed by atoms with E-state index in [0.717, 1.165) is 18.5 Å². The molecule has 3 rings (SSSR count). The molecular formula is C14H11Cl2NO2. The largest absolute Gasteiger partial charge is 0.478 e. The second kappa shape index (κ2) is 4.09. The van der Waals surface area contributed by atoms with Crippen LogP contribution >= 0.6 is 23.2 Å². The Bertz CT molecular complexity index is 708. The molecule has 1 fully saturated rings.